The molecule has 1 aliphatic heterocycles. The molecule has 2 heterocycles. The van der Waals surface area contributed by atoms with E-state index in [1.54, 1.807) is 13.2 Å². The zero-order valence-corrected chi connectivity index (χ0v) is 11.3. The Kier molecular flexibility index (Phi) is 4.44. The summed E-state index contributed by atoms with van der Waals surface area (Å²) in [5, 5.41) is 5.86. The van der Waals surface area contributed by atoms with Crippen LogP contribution in [-0.4, -0.2) is 29.3 Å². The normalized spacial score (nSPS) is 21.3. The first-order valence-electron chi connectivity index (χ1n) is 6.25. The van der Waals surface area contributed by atoms with Crippen LogP contribution in [0.4, 0.5) is 5.82 Å². The average molecular weight is 280 g/mol. The van der Waals surface area contributed by atoms with Gasteiger partial charge in [-0.25, -0.2) is 4.79 Å². The van der Waals surface area contributed by atoms with Crippen LogP contribution >= 0.6 is 0 Å². The Balaban J connectivity index is 2.08. The summed E-state index contributed by atoms with van der Waals surface area (Å²) in [6, 6.07) is 0. The Hall–Kier alpha value is -2.25. The number of nitrogens with zero attached hydrogens (tertiary/aromatic N) is 5. The highest BCUT2D eigenvalue weighted by atomic mass is 16.7. The summed E-state index contributed by atoms with van der Waals surface area (Å²) >= 11 is 0. The molecule has 1 saturated heterocycles. The molecule has 1 fully saturated rings. The van der Waals surface area contributed by atoms with Crippen LogP contribution in [0.15, 0.2) is 16.3 Å². The summed E-state index contributed by atoms with van der Waals surface area (Å²) in [6.45, 7) is 2.04. The van der Waals surface area contributed by atoms with Crippen molar-refractivity contribution >= 4 is 5.82 Å². The molecule has 0 aliphatic carbocycles. The number of hydrogen-bond acceptors (Lipinski definition) is 6. The number of anilines is 1. The fourth-order valence-electron chi connectivity index (χ4n) is 2.18. The topological polar surface area (TPSA) is 114 Å². The van der Waals surface area contributed by atoms with Gasteiger partial charge >= 0.3 is 5.69 Å². The Morgan fingerprint density at radius 2 is 2.50 bits per heavy atom. The van der Waals surface area contributed by atoms with Gasteiger partial charge in [0, 0.05) is 23.7 Å². The Morgan fingerprint density at radius 1 is 1.70 bits per heavy atom. The van der Waals surface area contributed by atoms with Gasteiger partial charge in [-0.1, -0.05) is 0 Å². The first-order chi connectivity index (χ1) is 9.65. The number of nitrogens with one attached hydrogen (secondary N) is 1. The summed E-state index contributed by atoms with van der Waals surface area (Å²) in [5.41, 5.74) is 8.62. The van der Waals surface area contributed by atoms with Crippen molar-refractivity contribution in [3.63, 3.8) is 0 Å². The fourth-order valence-corrected chi connectivity index (χ4v) is 2.18. The molecular formula is C11H16N6O3. The van der Waals surface area contributed by atoms with Crippen LogP contribution in [0.2, 0.25) is 0 Å². The van der Waals surface area contributed by atoms with Crippen LogP contribution in [0.1, 0.15) is 24.6 Å². The third-order valence-corrected chi connectivity index (χ3v) is 3.12. The van der Waals surface area contributed by atoms with Gasteiger partial charge in [-0.3, -0.25) is 4.57 Å². The summed E-state index contributed by atoms with van der Waals surface area (Å²) in [5.74, 6) is 0.562. The Morgan fingerprint density at radius 3 is 3.20 bits per heavy atom. The van der Waals surface area contributed by atoms with E-state index in [1.807, 2.05) is 6.92 Å². The molecule has 0 saturated carbocycles. The van der Waals surface area contributed by atoms with Gasteiger partial charge in [0.2, 0.25) is 0 Å². The van der Waals surface area contributed by atoms with E-state index in [2.05, 4.69) is 20.5 Å². The molecule has 1 N–H and O–H groups in total. The van der Waals surface area contributed by atoms with Crippen molar-refractivity contribution in [2.45, 2.75) is 32.1 Å². The van der Waals surface area contributed by atoms with Gasteiger partial charge < -0.3 is 14.9 Å². The van der Waals surface area contributed by atoms with Crippen LogP contribution in [0, 0.1) is 6.92 Å². The lowest BCUT2D eigenvalue weighted by Gasteiger charge is -2.16. The van der Waals surface area contributed by atoms with Gasteiger partial charge in [-0.15, -0.1) is 0 Å². The number of azide groups is 1. The molecule has 1 aromatic rings. The minimum Gasteiger partial charge on any atom is -0.431 e. The smallest absolute Gasteiger partial charge is 0.351 e. The van der Waals surface area contributed by atoms with Crippen LogP contribution < -0.4 is 11.0 Å². The lowest BCUT2D eigenvalue weighted by molar-refractivity contribution is -0.0430. The zero-order valence-electron chi connectivity index (χ0n) is 11.3. The molecule has 1 aliphatic rings. The lowest BCUT2D eigenvalue weighted by atomic mass is 10.2. The van der Waals surface area contributed by atoms with E-state index >= 15 is 0 Å². The SMILES string of the molecule is CNc1nc(=O)n([C@H]2CC[C@@H](CON=[N+]=[N-])O2)cc1C. The van der Waals surface area contributed by atoms with Crippen molar-refractivity contribution in [1.29, 1.82) is 0 Å². The minimum atomic E-state index is -0.362. The maximum atomic E-state index is 11.9. The van der Waals surface area contributed by atoms with Crippen LogP contribution in [-0.2, 0) is 9.57 Å². The second-order valence-corrected chi connectivity index (χ2v) is 4.47. The van der Waals surface area contributed by atoms with Crippen LogP contribution in [0.3, 0.4) is 0 Å². The highest BCUT2D eigenvalue weighted by molar-refractivity contribution is 5.40. The lowest BCUT2D eigenvalue weighted by Crippen LogP contribution is -2.28. The van der Waals surface area contributed by atoms with Gasteiger partial charge in [0.25, 0.3) is 0 Å². The first kappa shape index (κ1) is 14.2. The molecule has 0 bridgehead atoms. The van der Waals surface area contributed by atoms with Gasteiger partial charge in [0.05, 0.1) is 6.10 Å². The Bertz CT molecular complexity index is 580. The van der Waals surface area contributed by atoms with Crippen molar-refractivity contribution in [3.05, 3.63) is 32.7 Å². The molecule has 0 spiro atoms. The monoisotopic (exact) mass is 280 g/mol. The molecule has 0 aromatic carbocycles. The predicted molar refractivity (Wildman–Crippen MR) is 71.0 cm³/mol. The second kappa shape index (κ2) is 6.27. The molecule has 0 unspecified atom stereocenters. The molecule has 20 heavy (non-hydrogen) atoms. The zero-order chi connectivity index (χ0) is 14.5. The molecule has 1 aromatic heterocycles. The number of aromatic nitrogens is 2. The molecule has 2 atom stereocenters. The largest absolute Gasteiger partial charge is 0.431 e. The second-order valence-electron chi connectivity index (χ2n) is 4.47. The van der Waals surface area contributed by atoms with E-state index in [-0.39, 0.29) is 24.6 Å². The Labute approximate surface area is 115 Å². The summed E-state index contributed by atoms with van der Waals surface area (Å²) in [4.78, 5) is 23.1. The van der Waals surface area contributed by atoms with Crippen molar-refractivity contribution in [2.24, 2.45) is 5.28 Å². The van der Waals surface area contributed by atoms with Crippen molar-refractivity contribution in [1.82, 2.24) is 9.55 Å². The first-order valence-corrected chi connectivity index (χ1v) is 6.25. The molecule has 2 rings (SSSR count). The van der Waals surface area contributed by atoms with Gasteiger partial charge in [0.1, 0.15) is 23.9 Å². The van der Waals surface area contributed by atoms with Gasteiger partial charge in [-0.2, -0.15) is 4.98 Å². The van der Waals surface area contributed by atoms with E-state index in [9.17, 15) is 4.79 Å². The van der Waals surface area contributed by atoms with Crippen LogP contribution in [0.25, 0.3) is 10.4 Å². The molecule has 0 radical (unpaired) electrons. The quantitative estimate of drug-likeness (QED) is 0.380. The molecule has 9 nitrogen and oxygen atoms in total. The van der Waals surface area contributed by atoms with E-state index < -0.39 is 0 Å². The average Bonchev–Trinajstić information content (AvgIpc) is 2.90. The van der Waals surface area contributed by atoms with Gasteiger partial charge in [0.15, 0.2) is 0 Å². The summed E-state index contributed by atoms with van der Waals surface area (Å²) < 4.78 is 7.17. The van der Waals surface area contributed by atoms with E-state index in [1.165, 1.54) is 4.57 Å². The van der Waals surface area contributed by atoms with E-state index in [0.29, 0.717) is 12.2 Å². The molecule has 0 amide bonds. The van der Waals surface area contributed by atoms with Crippen molar-refractivity contribution in [3.8, 4) is 0 Å². The van der Waals surface area contributed by atoms with E-state index in [4.69, 9.17) is 15.1 Å². The van der Waals surface area contributed by atoms with Crippen LogP contribution in [0.5, 0.6) is 0 Å². The van der Waals surface area contributed by atoms with Crippen molar-refractivity contribution in [2.75, 3.05) is 19.0 Å². The highest BCUT2D eigenvalue weighted by Gasteiger charge is 2.28. The third-order valence-electron chi connectivity index (χ3n) is 3.12. The highest BCUT2D eigenvalue weighted by Crippen LogP contribution is 2.27. The van der Waals surface area contributed by atoms with Crippen molar-refractivity contribution < 1.29 is 9.57 Å². The minimum absolute atomic E-state index is 0.177. The standard InChI is InChI=1S/C11H16N6O3/c1-7-5-17(11(18)14-10(7)13-2)9-4-3-8(20-9)6-19-16-15-12/h5,8-9H,3-4,6H2,1-2H3,(H,13,14,18)/t8-,9+/m0/s1. The maximum Gasteiger partial charge on any atom is 0.351 e. The summed E-state index contributed by atoms with van der Waals surface area (Å²) in [6.07, 6.45) is 2.58. The van der Waals surface area contributed by atoms with Gasteiger partial charge in [-0.05, 0) is 25.3 Å². The number of ether oxygens (including phenoxy) is 1. The number of aryl methyl sites for hydroxylation is 1. The maximum absolute atomic E-state index is 11.9. The molecule has 108 valence electrons. The molecule has 9 heteroatoms. The summed E-state index contributed by atoms with van der Waals surface area (Å²) in [7, 11) is 1.72. The third kappa shape index (κ3) is 3.01. The molecular weight excluding hydrogens is 264 g/mol. The number of rotatable bonds is 5. The number of hydrogen-bond donors (Lipinski definition) is 1. The fraction of sp³-hybridized carbons (Fsp3) is 0.636. The van der Waals surface area contributed by atoms with E-state index in [0.717, 1.165) is 12.0 Å². The predicted octanol–water partition coefficient (Wildman–Crippen LogP) is 1.51.